The van der Waals surface area contributed by atoms with Gasteiger partial charge in [0.05, 0.1) is 6.61 Å². The van der Waals surface area contributed by atoms with Crippen LogP contribution in [0.5, 0.6) is 5.75 Å². The van der Waals surface area contributed by atoms with Gasteiger partial charge in [-0.05, 0) is 41.5 Å². The Bertz CT molecular complexity index is 972. The number of aromatic nitrogens is 2. The Kier molecular flexibility index (Phi) is 8.19. The average Bonchev–Trinajstić information content (AvgIpc) is 2.77. The first-order valence-electron chi connectivity index (χ1n) is 10.9. The molecular weight excluding hydrogens is 376 g/mol. The lowest BCUT2D eigenvalue weighted by Gasteiger charge is -2.07. The number of ether oxygens (including phenoxy) is 1. The number of phenolic OH excluding ortho intramolecular Hbond substituents is 1. The lowest BCUT2D eigenvalue weighted by atomic mass is 10.1. The van der Waals surface area contributed by atoms with Gasteiger partial charge in [0.1, 0.15) is 5.75 Å². The molecule has 1 heterocycles. The van der Waals surface area contributed by atoms with Gasteiger partial charge in [0.2, 0.25) is 0 Å². The highest BCUT2D eigenvalue weighted by atomic mass is 16.5. The zero-order chi connectivity index (χ0) is 21.2. The normalized spacial score (nSPS) is 11.0. The number of unbranched alkanes of at least 4 members (excludes halogenated alkanes) is 7. The van der Waals surface area contributed by atoms with Gasteiger partial charge in [0.15, 0.2) is 11.5 Å². The first-order chi connectivity index (χ1) is 14.7. The summed E-state index contributed by atoms with van der Waals surface area (Å²) >= 11 is 0. The molecule has 0 atom stereocenters. The molecule has 3 rings (SSSR count). The largest absolute Gasteiger partial charge is 0.508 e. The number of fused-ring (bicyclic) bond motifs is 1. The van der Waals surface area contributed by atoms with Crippen LogP contribution in [0, 0.1) is 0 Å². The first-order valence-corrected chi connectivity index (χ1v) is 10.9. The van der Waals surface area contributed by atoms with Gasteiger partial charge in [-0.1, -0.05) is 70.1 Å². The fourth-order valence-corrected chi connectivity index (χ4v) is 3.46. The van der Waals surface area contributed by atoms with Crippen LogP contribution in [-0.2, 0) is 4.74 Å². The maximum absolute atomic E-state index is 12.3. The Morgan fingerprint density at radius 2 is 1.60 bits per heavy atom. The van der Waals surface area contributed by atoms with Crippen molar-refractivity contribution in [3.05, 3.63) is 54.4 Å². The van der Waals surface area contributed by atoms with Crippen LogP contribution in [0.4, 0.5) is 0 Å². The molecule has 0 fully saturated rings. The topological polar surface area (TPSA) is 72.3 Å². The Labute approximate surface area is 178 Å². The van der Waals surface area contributed by atoms with Crippen LogP contribution in [0.25, 0.3) is 22.2 Å². The van der Waals surface area contributed by atoms with Crippen LogP contribution in [0.1, 0.15) is 68.8 Å². The summed E-state index contributed by atoms with van der Waals surface area (Å²) in [5.41, 5.74) is 1.08. The van der Waals surface area contributed by atoms with Gasteiger partial charge in [0, 0.05) is 11.8 Å². The van der Waals surface area contributed by atoms with E-state index in [1.165, 1.54) is 38.5 Å². The zero-order valence-corrected chi connectivity index (χ0v) is 17.6. The summed E-state index contributed by atoms with van der Waals surface area (Å²) in [6.07, 6.45) is 11.2. The third-order valence-electron chi connectivity index (χ3n) is 5.18. The molecule has 0 spiro atoms. The van der Waals surface area contributed by atoms with E-state index in [0.717, 1.165) is 29.2 Å². The second-order valence-electron chi connectivity index (χ2n) is 7.62. The highest BCUT2D eigenvalue weighted by Gasteiger charge is 2.11. The zero-order valence-electron chi connectivity index (χ0n) is 17.6. The number of rotatable bonds is 11. The lowest BCUT2D eigenvalue weighted by Crippen LogP contribution is -2.09. The predicted molar refractivity (Wildman–Crippen MR) is 120 cm³/mol. The van der Waals surface area contributed by atoms with Gasteiger partial charge >= 0.3 is 5.97 Å². The van der Waals surface area contributed by atoms with Crippen molar-refractivity contribution < 1.29 is 14.6 Å². The molecule has 0 saturated carbocycles. The third kappa shape index (κ3) is 6.28. The van der Waals surface area contributed by atoms with E-state index in [0.29, 0.717) is 12.4 Å². The molecule has 1 N–H and O–H groups in total. The highest BCUT2D eigenvalue weighted by Crippen LogP contribution is 2.25. The molecule has 5 heteroatoms. The van der Waals surface area contributed by atoms with Crippen molar-refractivity contribution in [2.75, 3.05) is 6.61 Å². The van der Waals surface area contributed by atoms with Crippen molar-refractivity contribution in [3.8, 4) is 17.1 Å². The molecule has 158 valence electrons. The number of benzene rings is 2. The minimum absolute atomic E-state index is 0.229. The second kappa shape index (κ2) is 11.3. The fraction of sp³-hybridized carbons (Fsp3) is 0.400. The molecule has 30 heavy (non-hydrogen) atoms. The van der Waals surface area contributed by atoms with E-state index in [-0.39, 0.29) is 11.4 Å². The number of nitrogens with zero attached hydrogens (tertiary/aromatic N) is 2. The van der Waals surface area contributed by atoms with Crippen LogP contribution in [-0.4, -0.2) is 27.7 Å². The molecule has 0 aliphatic heterocycles. The molecule has 0 saturated heterocycles. The predicted octanol–water partition coefficient (Wildman–Crippen LogP) is 6.30. The number of hydrogen-bond acceptors (Lipinski definition) is 5. The van der Waals surface area contributed by atoms with Gasteiger partial charge in [0.25, 0.3) is 0 Å². The van der Waals surface area contributed by atoms with E-state index >= 15 is 0 Å². The van der Waals surface area contributed by atoms with E-state index in [9.17, 15) is 9.90 Å². The smallest absolute Gasteiger partial charge is 0.357 e. The Hall–Kier alpha value is -2.95. The summed E-state index contributed by atoms with van der Waals surface area (Å²) in [5, 5.41) is 11.5. The summed E-state index contributed by atoms with van der Waals surface area (Å²) in [4.78, 5) is 21.0. The van der Waals surface area contributed by atoms with E-state index in [2.05, 4.69) is 16.9 Å². The van der Waals surface area contributed by atoms with Gasteiger partial charge in [-0.25, -0.2) is 14.8 Å². The van der Waals surface area contributed by atoms with Gasteiger partial charge in [-0.2, -0.15) is 0 Å². The molecule has 2 aromatic carbocycles. The van der Waals surface area contributed by atoms with Crippen molar-refractivity contribution in [3.63, 3.8) is 0 Å². The maximum Gasteiger partial charge on any atom is 0.357 e. The molecule has 0 aliphatic rings. The fourth-order valence-electron chi connectivity index (χ4n) is 3.46. The minimum atomic E-state index is -0.410. The number of carbonyl (C=O) groups excluding carboxylic acids is 1. The van der Waals surface area contributed by atoms with E-state index < -0.39 is 5.97 Å². The maximum atomic E-state index is 12.3. The average molecular weight is 407 g/mol. The number of esters is 1. The van der Waals surface area contributed by atoms with Crippen molar-refractivity contribution >= 4 is 16.7 Å². The van der Waals surface area contributed by atoms with Crippen LogP contribution < -0.4 is 0 Å². The summed E-state index contributed by atoms with van der Waals surface area (Å²) in [6, 6.07) is 12.5. The summed E-state index contributed by atoms with van der Waals surface area (Å²) in [7, 11) is 0. The number of phenols is 1. The van der Waals surface area contributed by atoms with E-state index in [1.54, 1.807) is 24.4 Å². The van der Waals surface area contributed by atoms with Crippen molar-refractivity contribution in [1.29, 1.82) is 0 Å². The van der Waals surface area contributed by atoms with Crippen LogP contribution in [0.15, 0.2) is 48.7 Å². The number of aromatic hydroxyl groups is 1. The number of hydrogen-bond donors (Lipinski definition) is 1. The molecule has 0 bridgehead atoms. The summed E-state index contributed by atoms with van der Waals surface area (Å²) in [5.74, 6) is 0.298. The van der Waals surface area contributed by atoms with Gasteiger partial charge < -0.3 is 9.84 Å². The van der Waals surface area contributed by atoms with E-state index in [4.69, 9.17) is 4.74 Å². The lowest BCUT2D eigenvalue weighted by molar-refractivity contribution is 0.0490. The number of carbonyl (C=O) groups is 1. The molecule has 0 amide bonds. The molecule has 3 aromatic rings. The van der Waals surface area contributed by atoms with Crippen molar-refractivity contribution in [2.24, 2.45) is 0 Å². The molecular formula is C25H30N2O3. The second-order valence-corrected chi connectivity index (χ2v) is 7.62. The van der Waals surface area contributed by atoms with Crippen molar-refractivity contribution in [2.45, 2.75) is 58.3 Å². The Balaban J connectivity index is 1.51. The highest BCUT2D eigenvalue weighted by molar-refractivity contribution is 5.89. The molecule has 5 nitrogen and oxygen atoms in total. The van der Waals surface area contributed by atoms with Crippen molar-refractivity contribution in [1.82, 2.24) is 9.97 Å². The monoisotopic (exact) mass is 406 g/mol. The Morgan fingerprint density at radius 3 is 2.40 bits per heavy atom. The molecule has 0 unspecified atom stereocenters. The minimum Gasteiger partial charge on any atom is -0.508 e. The van der Waals surface area contributed by atoms with Gasteiger partial charge in [-0.3, -0.25) is 0 Å². The molecule has 0 aliphatic carbocycles. The molecule has 1 aromatic heterocycles. The van der Waals surface area contributed by atoms with Crippen LogP contribution in [0.2, 0.25) is 0 Å². The van der Waals surface area contributed by atoms with E-state index in [1.807, 2.05) is 24.3 Å². The summed E-state index contributed by atoms with van der Waals surface area (Å²) in [6.45, 7) is 2.65. The summed E-state index contributed by atoms with van der Waals surface area (Å²) < 4.78 is 5.39. The third-order valence-corrected chi connectivity index (χ3v) is 5.18. The van der Waals surface area contributed by atoms with Gasteiger partial charge in [-0.15, -0.1) is 0 Å². The van der Waals surface area contributed by atoms with Crippen LogP contribution in [0.3, 0.4) is 0 Å². The molecule has 0 radical (unpaired) electrons. The first kappa shape index (κ1) is 21.8. The standard InChI is InChI=1S/C25H30N2O3/c1-2-3-4-5-6-7-8-9-16-30-25(29)23-14-15-26-24(27-23)21-11-10-20-18-22(28)13-12-19(20)17-21/h10-15,17-18,28H,2-9,16H2,1H3. The quantitative estimate of drug-likeness (QED) is 0.299. The SMILES string of the molecule is CCCCCCCCCCOC(=O)c1ccnc(-c2ccc3cc(O)ccc3c2)n1. The van der Waals surface area contributed by atoms with Crippen LogP contribution >= 0.6 is 0 Å². The Morgan fingerprint density at radius 1 is 0.900 bits per heavy atom.